The molecule has 24 heavy (non-hydrogen) atoms. The van der Waals surface area contributed by atoms with Crippen molar-refractivity contribution in [2.24, 2.45) is 11.3 Å². The molecule has 2 heterocycles. The summed E-state index contributed by atoms with van der Waals surface area (Å²) >= 11 is 0. The summed E-state index contributed by atoms with van der Waals surface area (Å²) in [5.74, 6) is -0.141. The third-order valence-electron chi connectivity index (χ3n) is 6.74. The number of benzene rings is 1. The normalized spacial score (nSPS) is 33.1. The Labute approximate surface area is 142 Å². The fraction of sp³-hybridized carbons (Fsp3) is 0.650. The van der Waals surface area contributed by atoms with Crippen LogP contribution in [-0.4, -0.2) is 16.2 Å². The van der Waals surface area contributed by atoms with Crippen molar-refractivity contribution in [2.45, 2.75) is 70.8 Å². The fourth-order valence-corrected chi connectivity index (χ4v) is 5.55. The molecule has 5 rings (SSSR count). The Bertz CT molecular complexity index is 734. The molecule has 2 unspecified atom stereocenters. The Hall–Kier alpha value is -1.71. The second-order valence-corrected chi connectivity index (χ2v) is 8.78. The largest absolute Gasteiger partial charge is 0.504 e. The summed E-state index contributed by atoms with van der Waals surface area (Å²) < 4.78 is 5.76. The van der Waals surface area contributed by atoms with Crippen molar-refractivity contribution in [1.29, 1.82) is 0 Å². The van der Waals surface area contributed by atoms with Crippen LogP contribution in [0.1, 0.15) is 82.1 Å². The first kappa shape index (κ1) is 15.8. The maximum atomic E-state index is 12.9. The van der Waals surface area contributed by atoms with Gasteiger partial charge in [-0.15, -0.1) is 0 Å². The summed E-state index contributed by atoms with van der Waals surface area (Å²) in [6.45, 7) is 8.40. The van der Waals surface area contributed by atoms with Gasteiger partial charge in [0.2, 0.25) is 0 Å². The van der Waals surface area contributed by atoms with E-state index in [9.17, 15) is 15.0 Å². The van der Waals surface area contributed by atoms with Crippen molar-refractivity contribution >= 4 is 5.97 Å². The standard InChI is InChI=1S/C20H26O4/c1-10(2)11-8-12-13-9-14-19(3,4)6-5-7-20(14,18(23)24-13)15(12)17(22)16(11)21/h8,10,13-14,21-22H,5-7,9H2,1-4H3/t13?,14-,20?/m0/s1. The summed E-state index contributed by atoms with van der Waals surface area (Å²) in [5.41, 5.74) is 1.49. The van der Waals surface area contributed by atoms with Crippen LogP contribution in [0.15, 0.2) is 6.07 Å². The highest BCUT2D eigenvalue weighted by Crippen LogP contribution is 2.66. The van der Waals surface area contributed by atoms with E-state index in [2.05, 4.69) is 13.8 Å². The first-order valence-corrected chi connectivity index (χ1v) is 9.00. The van der Waals surface area contributed by atoms with Gasteiger partial charge in [0, 0.05) is 16.7 Å². The number of phenols is 2. The molecule has 2 aliphatic carbocycles. The van der Waals surface area contributed by atoms with Crippen LogP contribution in [0.25, 0.3) is 0 Å². The fourth-order valence-electron chi connectivity index (χ4n) is 5.55. The number of carbonyl (C=O) groups is 1. The first-order chi connectivity index (χ1) is 11.2. The predicted molar refractivity (Wildman–Crippen MR) is 90.1 cm³/mol. The molecule has 4 aliphatic rings. The molecule has 130 valence electrons. The van der Waals surface area contributed by atoms with Gasteiger partial charge >= 0.3 is 5.97 Å². The molecule has 0 aromatic heterocycles. The third-order valence-corrected chi connectivity index (χ3v) is 6.74. The van der Waals surface area contributed by atoms with Crippen LogP contribution in [0.5, 0.6) is 11.5 Å². The summed E-state index contributed by atoms with van der Waals surface area (Å²) in [4.78, 5) is 12.9. The number of ether oxygens (including phenoxy) is 1. The summed E-state index contributed by atoms with van der Waals surface area (Å²) in [7, 11) is 0. The van der Waals surface area contributed by atoms with Gasteiger partial charge in [-0.2, -0.15) is 0 Å². The molecule has 2 bridgehead atoms. The van der Waals surface area contributed by atoms with Gasteiger partial charge in [0.15, 0.2) is 11.5 Å². The SMILES string of the molecule is CC(C)c1cc2c(c(O)c1O)C13CCCC(C)(C)[C@@H]1CC2OC3=O. The number of aromatic hydroxyl groups is 2. The van der Waals surface area contributed by atoms with Gasteiger partial charge in [0.05, 0.1) is 0 Å². The smallest absolute Gasteiger partial charge is 0.317 e. The van der Waals surface area contributed by atoms with Gasteiger partial charge in [-0.05, 0) is 42.6 Å². The number of hydrogen-bond acceptors (Lipinski definition) is 4. The highest BCUT2D eigenvalue weighted by atomic mass is 16.5. The molecule has 1 saturated carbocycles. The zero-order valence-electron chi connectivity index (χ0n) is 14.8. The molecule has 3 atom stereocenters. The van der Waals surface area contributed by atoms with Crippen molar-refractivity contribution < 1.29 is 19.7 Å². The van der Waals surface area contributed by atoms with E-state index >= 15 is 0 Å². The topological polar surface area (TPSA) is 66.8 Å². The van der Waals surface area contributed by atoms with Crippen LogP contribution >= 0.6 is 0 Å². The monoisotopic (exact) mass is 330 g/mol. The quantitative estimate of drug-likeness (QED) is 0.595. The number of rotatable bonds is 1. The van der Waals surface area contributed by atoms with Crippen LogP contribution in [0.3, 0.4) is 0 Å². The van der Waals surface area contributed by atoms with Gasteiger partial charge in [0.1, 0.15) is 11.5 Å². The van der Waals surface area contributed by atoms with Gasteiger partial charge < -0.3 is 14.9 Å². The lowest BCUT2D eigenvalue weighted by Crippen LogP contribution is -2.59. The highest BCUT2D eigenvalue weighted by Gasteiger charge is 2.65. The van der Waals surface area contributed by atoms with E-state index in [0.29, 0.717) is 12.0 Å². The van der Waals surface area contributed by atoms with Crippen LogP contribution in [0.4, 0.5) is 0 Å². The van der Waals surface area contributed by atoms with Crippen LogP contribution < -0.4 is 0 Å². The minimum atomic E-state index is -0.803. The second-order valence-electron chi connectivity index (χ2n) is 8.78. The molecular weight excluding hydrogens is 304 g/mol. The molecule has 0 radical (unpaired) electrons. The number of phenolic OH excluding ortho intramolecular Hbond substituents is 2. The lowest BCUT2D eigenvalue weighted by molar-refractivity contribution is -0.185. The molecule has 1 aromatic rings. The molecule has 1 aromatic carbocycles. The van der Waals surface area contributed by atoms with Gasteiger partial charge in [-0.1, -0.05) is 34.1 Å². The zero-order chi connectivity index (χ0) is 17.4. The minimum absolute atomic E-state index is 0.0202. The summed E-state index contributed by atoms with van der Waals surface area (Å²) in [6.07, 6.45) is 3.20. The molecule has 2 N–H and O–H groups in total. The Kier molecular flexibility index (Phi) is 3.08. The Balaban J connectivity index is 2.02. The lowest BCUT2D eigenvalue weighted by Gasteiger charge is -2.58. The van der Waals surface area contributed by atoms with Gasteiger partial charge in [-0.25, -0.2) is 0 Å². The third kappa shape index (κ3) is 1.72. The minimum Gasteiger partial charge on any atom is -0.504 e. The van der Waals surface area contributed by atoms with E-state index in [-0.39, 0.29) is 40.8 Å². The predicted octanol–water partition coefficient (Wildman–Crippen LogP) is 4.29. The first-order valence-electron chi connectivity index (χ1n) is 9.00. The van der Waals surface area contributed by atoms with E-state index in [1.54, 1.807) is 0 Å². The average Bonchev–Trinajstić information content (AvgIpc) is 2.50. The maximum Gasteiger partial charge on any atom is 0.317 e. The van der Waals surface area contributed by atoms with E-state index in [0.717, 1.165) is 30.4 Å². The van der Waals surface area contributed by atoms with E-state index in [1.807, 2.05) is 19.9 Å². The van der Waals surface area contributed by atoms with Gasteiger partial charge in [-0.3, -0.25) is 4.79 Å². The molecule has 4 nitrogen and oxygen atoms in total. The molecule has 2 fully saturated rings. The maximum absolute atomic E-state index is 12.9. The Morgan fingerprint density at radius 1 is 1.21 bits per heavy atom. The molecule has 4 heteroatoms. The number of fused-ring (bicyclic) bond motifs is 1. The number of hydrogen-bond donors (Lipinski definition) is 2. The van der Waals surface area contributed by atoms with E-state index in [4.69, 9.17) is 4.74 Å². The second kappa shape index (κ2) is 4.68. The molecule has 0 amide bonds. The van der Waals surface area contributed by atoms with Crippen LogP contribution in [0, 0.1) is 11.3 Å². The van der Waals surface area contributed by atoms with Crippen molar-refractivity contribution in [1.82, 2.24) is 0 Å². The van der Waals surface area contributed by atoms with Gasteiger partial charge in [0.25, 0.3) is 0 Å². The Morgan fingerprint density at radius 3 is 2.58 bits per heavy atom. The van der Waals surface area contributed by atoms with Crippen molar-refractivity contribution in [3.63, 3.8) is 0 Å². The highest BCUT2D eigenvalue weighted by molar-refractivity contribution is 5.89. The van der Waals surface area contributed by atoms with Crippen molar-refractivity contribution in [2.75, 3.05) is 0 Å². The number of carbonyl (C=O) groups excluding carboxylic acids is 1. The zero-order valence-corrected chi connectivity index (χ0v) is 14.8. The lowest BCUT2D eigenvalue weighted by atomic mass is 9.47. The number of esters is 1. The molecule has 1 spiro atoms. The van der Waals surface area contributed by atoms with Crippen molar-refractivity contribution in [3.8, 4) is 11.5 Å². The van der Waals surface area contributed by atoms with Crippen LogP contribution in [-0.2, 0) is 14.9 Å². The molecule has 2 aliphatic heterocycles. The summed E-state index contributed by atoms with van der Waals surface area (Å²) in [5, 5.41) is 21.4. The van der Waals surface area contributed by atoms with E-state index in [1.165, 1.54) is 0 Å². The van der Waals surface area contributed by atoms with E-state index < -0.39 is 5.41 Å². The van der Waals surface area contributed by atoms with Crippen LogP contribution in [0.2, 0.25) is 0 Å². The summed E-state index contributed by atoms with van der Waals surface area (Å²) in [6, 6.07) is 1.95. The molecule has 1 saturated heterocycles. The average molecular weight is 330 g/mol. The Morgan fingerprint density at radius 2 is 1.92 bits per heavy atom. The van der Waals surface area contributed by atoms with Crippen molar-refractivity contribution in [3.05, 3.63) is 22.8 Å². The molecular formula is C20H26O4.